The fraction of sp³-hybridized carbons (Fsp3) is 0.444. The van der Waals surface area contributed by atoms with Gasteiger partial charge in [0.1, 0.15) is 0 Å². The molecule has 3 N–H and O–H groups in total. The fourth-order valence-corrected chi connectivity index (χ4v) is 3.99. The monoisotopic (exact) mass is 334 g/mol. The highest BCUT2D eigenvalue weighted by molar-refractivity contribution is 7.89. The van der Waals surface area contributed by atoms with Crippen LogP contribution in [-0.4, -0.2) is 21.5 Å². The van der Waals surface area contributed by atoms with Crippen molar-refractivity contribution in [3.63, 3.8) is 0 Å². The minimum Gasteiger partial charge on any atom is -0.330 e. The Kier molecular flexibility index (Phi) is 7.02. The SMILES string of the molecule is NCCCCCCCCNS(=O)(=O)c1cccc2ccccc12. The molecule has 0 spiro atoms. The summed E-state index contributed by atoms with van der Waals surface area (Å²) in [5, 5.41) is 1.71. The highest BCUT2D eigenvalue weighted by atomic mass is 32.2. The van der Waals surface area contributed by atoms with Crippen LogP contribution < -0.4 is 10.5 Å². The van der Waals surface area contributed by atoms with E-state index in [1.165, 1.54) is 6.42 Å². The zero-order valence-corrected chi connectivity index (χ0v) is 14.3. The fourth-order valence-electron chi connectivity index (χ4n) is 2.69. The van der Waals surface area contributed by atoms with Crippen LogP contribution in [0.1, 0.15) is 38.5 Å². The topological polar surface area (TPSA) is 72.2 Å². The summed E-state index contributed by atoms with van der Waals surface area (Å²) < 4.78 is 27.7. The molecule has 0 amide bonds. The maximum atomic E-state index is 12.5. The smallest absolute Gasteiger partial charge is 0.241 e. The average Bonchev–Trinajstić information content (AvgIpc) is 2.56. The van der Waals surface area contributed by atoms with Gasteiger partial charge in [-0.3, -0.25) is 0 Å². The first kappa shape index (κ1) is 17.9. The number of benzene rings is 2. The molecule has 0 saturated carbocycles. The number of fused-ring (bicyclic) bond motifs is 1. The third kappa shape index (κ3) is 5.30. The Morgan fingerprint density at radius 2 is 1.48 bits per heavy atom. The Morgan fingerprint density at radius 3 is 2.26 bits per heavy atom. The molecule has 0 atom stereocenters. The van der Waals surface area contributed by atoms with Gasteiger partial charge in [0.25, 0.3) is 0 Å². The number of rotatable bonds is 10. The van der Waals surface area contributed by atoms with Crippen LogP contribution in [0.5, 0.6) is 0 Å². The van der Waals surface area contributed by atoms with Gasteiger partial charge in [-0.1, -0.05) is 62.1 Å². The lowest BCUT2D eigenvalue weighted by Crippen LogP contribution is -2.25. The first-order valence-electron chi connectivity index (χ1n) is 8.32. The lowest BCUT2D eigenvalue weighted by atomic mass is 10.1. The highest BCUT2D eigenvalue weighted by Crippen LogP contribution is 2.22. The van der Waals surface area contributed by atoms with Crippen LogP contribution in [0.15, 0.2) is 47.4 Å². The molecule has 2 aromatic rings. The largest absolute Gasteiger partial charge is 0.330 e. The van der Waals surface area contributed by atoms with Gasteiger partial charge in [0, 0.05) is 11.9 Å². The predicted octanol–water partition coefficient (Wildman–Crippen LogP) is 3.42. The normalized spacial score (nSPS) is 11.9. The van der Waals surface area contributed by atoms with Crippen LogP contribution in [-0.2, 0) is 10.0 Å². The molecule has 5 heteroatoms. The van der Waals surface area contributed by atoms with Crippen molar-refractivity contribution in [2.24, 2.45) is 5.73 Å². The van der Waals surface area contributed by atoms with E-state index in [4.69, 9.17) is 5.73 Å². The van der Waals surface area contributed by atoms with Crippen LogP contribution in [0, 0.1) is 0 Å². The first-order chi connectivity index (χ1) is 11.1. The van der Waals surface area contributed by atoms with E-state index in [1.807, 2.05) is 30.3 Å². The summed E-state index contributed by atoms with van der Waals surface area (Å²) in [6, 6.07) is 12.9. The molecule has 2 aromatic carbocycles. The van der Waals surface area contributed by atoms with E-state index in [0.29, 0.717) is 11.4 Å². The lowest BCUT2D eigenvalue weighted by Gasteiger charge is -2.09. The van der Waals surface area contributed by atoms with Crippen LogP contribution in [0.2, 0.25) is 0 Å². The quantitative estimate of drug-likeness (QED) is 0.654. The molecule has 0 heterocycles. The van der Waals surface area contributed by atoms with Gasteiger partial charge in [-0.2, -0.15) is 0 Å². The Bertz CT molecular complexity index is 709. The molecule has 0 aliphatic carbocycles. The van der Waals surface area contributed by atoms with Crippen molar-refractivity contribution >= 4 is 20.8 Å². The number of sulfonamides is 1. The van der Waals surface area contributed by atoms with Gasteiger partial charge in [0.2, 0.25) is 10.0 Å². The van der Waals surface area contributed by atoms with E-state index < -0.39 is 10.0 Å². The van der Waals surface area contributed by atoms with Crippen molar-refractivity contribution in [1.29, 1.82) is 0 Å². The summed E-state index contributed by atoms with van der Waals surface area (Å²) in [5.41, 5.74) is 5.46. The van der Waals surface area contributed by atoms with E-state index in [0.717, 1.165) is 49.4 Å². The van der Waals surface area contributed by atoms with Crippen LogP contribution in [0.4, 0.5) is 0 Å². The molecular formula is C18H26N2O2S. The van der Waals surface area contributed by atoms with Crippen molar-refractivity contribution < 1.29 is 8.42 Å². The Balaban J connectivity index is 1.87. The molecule has 23 heavy (non-hydrogen) atoms. The maximum Gasteiger partial charge on any atom is 0.241 e. The molecular weight excluding hydrogens is 308 g/mol. The maximum absolute atomic E-state index is 12.5. The van der Waals surface area contributed by atoms with Gasteiger partial charge in [-0.15, -0.1) is 0 Å². The molecule has 0 saturated heterocycles. The van der Waals surface area contributed by atoms with Gasteiger partial charge in [0.15, 0.2) is 0 Å². The summed E-state index contributed by atoms with van der Waals surface area (Å²) in [4.78, 5) is 0.360. The van der Waals surface area contributed by atoms with E-state index in [-0.39, 0.29) is 0 Å². The Labute approximate surface area is 139 Å². The minimum absolute atomic E-state index is 0.360. The Morgan fingerprint density at radius 1 is 0.826 bits per heavy atom. The number of nitrogens with one attached hydrogen (secondary N) is 1. The molecule has 2 rings (SSSR count). The molecule has 0 radical (unpaired) electrons. The second-order valence-electron chi connectivity index (χ2n) is 5.79. The lowest BCUT2D eigenvalue weighted by molar-refractivity contribution is 0.566. The molecule has 0 bridgehead atoms. The molecule has 0 unspecified atom stereocenters. The third-order valence-corrected chi connectivity index (χ3v) is 5.48. The van der Waals surface area contributed by atoms with E-state index in [2.05, 4.69) is 4.72 Å². The molecule has 0 aliphatic rings. The number of unbranched alkanes of at least 4 members (excludes halogenated alkanes) is 5. The minimum atomic E-state index is -3.45. The predicted molar refractivity (Wildman–Crippen MR) is 95.9 cm³/mol. The summed E-state index contributed by atoms with van der Waals surface area (Å²) in [5.74, 6) is 0. The van der Waals surface area contributed by atoms with Crippen LogP contribution in [0.3, 0.4) is 0 Å². The van der Waals surface area contributed by atoms with Crippen molar-refractivity contribution in [3.05, 3.63) is 42.5 Å². The standard InChI is InChI=1S/C18H26N2O2S/c19-14-7-3-1-2-4-8-15-20-23(21,22)18-13-9-11-16-10-5-6-12-17(16)18/h5-6,9-13,20H,1-4,7-8,14-15,19H2. The zero-order valence-electron chi connectivity index (χ0n) is 13.5. The summed E-state index contributed by atoms with van der Waals surface area (Å²) in [6.07, 6.45) is 6.46. The highest BCUT2D eigenvalue weighted by Gasteiger charge is 2.16. The van der Waals surface area contributed by atoms with Crippen LogP contribution in [0.25, 0.3) is 10.8 Å². The third-order valence-electron chi connectivity index (χ3n) is 3.96. The first-order valence-corrected chi connectivity index (χ1v) is 9.81. The second-order valence-corrected chi connectivity index (χ2v) is 7.52. The Hall–Kier alpha value is -1.43. The van der Waals surface area contributed by atoms with Crippen molar-refractivity contribution in [1.82, 2.24) is 4.72 Å². The van der Waals surface area contributed by atoms with Crippen molar-refractivity contribution in [3.8, 4) is 0 Å². The second kappa shape index (κ2) is 9.01. The van der Waals surface area contributed by atoms with Crippen LogP contribution >= 0.6 is 0 Å². The van der Waals surface area contributed by atoms with Crippen molar-refractivity contribution in [2.75, 3.05) is 13.1 Å². The average molecular weight is 334 g/mol. The van der Waals surface area contributed by atoms with E-state index in [9.17, 15) is 8.42 Å². The van der Waals surface area contributed by atoms with Gasteiger partial charge in [0.05, 0.1) is 4.90 Å². The summed E-state index contributed by atoms with van der Waals surface area (Å²) >= 11 is 0. The van der Waals surface area contributed by atoms with Gasteiger partial charge < -0.3 is 5.73 Å². The molecule has 4 nitrogen and oxygen atoms in total. The number of nitrogens with two attached hydrogens (primary N) is 1. The van der Waals surface area contributed by atoms with Gasteiger partial charge in [-0.25, -0.2) is 13.1 Å². The van der Waals surface area contributed by atoms with Crippen molar-refractivity contribution in [2.45, 2.75) is 43.4 Å². The van der Waals surface area contributed by atoms with Gasteiger partial charge >= 0.3 is 0 Å². The molecule has 0 aromatic heterocycles. The van der Waals surface area contributed by atoms with E-state index >= 15 is 0 Å². The molecule has 0 fully saturated rings. The number of hydrogen-bond donors (Lipinski definition) is 2. The molecule has 0 aliphatic heterocycles. The number of hydrogen-bond acceptors (Lipinski definition) is 3. The summed E-state index contributed by atoms with van der Waals surface area (Å²) in [7, 11) is -3.45. The summed E-state index contributed by atoms with van der Waals surface area (Å²) in [6.45, 7) is 1.24. The van der Waals surface area contributed by atoms with E-state index in [1.54, 1.807) is 12.1 Å². The molecule has 126 valence electrons. The zero-order chi connectivity index (χ0) is 16.5. The van der Waals surface area contributed by atoms with Gasteiger partial charge in [-0.05, 0) is 30.8 Å².